The van der Waals surface area contributed by atoms with Crippen LogP contribution in [0.3, 0.4) is 0 Å². The molecule has 4 heteroatoms. The minimum absolute atomic E-state index is 0.269. The number of hydrogen-bond acceptors (Lipinski definition) is 4. The number of phenols is 1. The number of aryl methyl sites for hydroxylation is 2. The van der Waals surface area contributed by atoms with E-state index in [9.17, 15) is 5.11 Å². The van der Waals surface area contributed by atoms with Crippen LogP contribution in [0.5, 0.6) is 5.75 Å². The van der Waals surface area contributed by atoms with Gasteiger partial charge in [-0.1, -0.05) is 12.1 Å². The summed E-state index contributed by atoms with van der Waals surface area (Å²) in [5, 5.41) is 9.46. The normalized spacial score (nSPS) is 10.7. The van der Waals surface area contributed by atoms with Crippen LogP contribution in [0.4, 0.5) is 0 Å². The summed E-state index contributed by atoms with van der Waals surface area (Å²) >= 11 is 0. The largest absolute Gasteiger partial charge is 0.508 e. The average Bonchev–Trinajstić information content (AvgIpc) is 2.34. The minimum Gasteiger partial charge on any atom is -0.508 e. The van der Waals surface area contributed by atoms with Gasteiger partial charge in [-0.2, -0.15) is 0 Å². The Morgan fingerprint density at radius 3 is 2.42 bits per heavy atom. The van der Waals surface area contributed by atoms with E-state index in [4.69, 9.17) is 5.73 Å². The summed E-state index contributed by atoms with van der Waals surface area (Å²) in [6, 6.07) is 7.18. The third-order valence-corrected chi connectivity index (χ3v) is 3.13. The van der Waals surface area contributed by atoms with Crippen molar-refractivity contribution in [2.24, 2.45) is 5.73 Å². The summed E-state index contributed by atoms with van der Waals surface area (Å²) in [6.07, 6.45) is 1.43. The summed E-state index contributed by atoms with van der Waals surface area (Å²) in [4.78, 5) is 9.06. The van der Waals surface area contributed by atoms with Crippen LogP contribution in [-0.4, -0.2) is 21.6 Å². The molecule has 0 aliphatic carbocycles. The Kier molecular flexibility index (Phi) is 4.12. The number of aromatic nitrogens is 2. The Labute approximate surface area is 113 Å². The highest BCUT2D eigenvalue weighted by atomic mass is 16.3. The van der Waals surface area contributed by atoms with Gasteiger partial charge in [0.25, 0.3) is 0 Å². The summed E-state index contributed by atoms with van der Waals surface area (Å²) in [7, 11) is 0. The molecule has 100 valence electrons. The maximum atomic E-state index is 9.46. The van der Waals surface area contributed by atoms with Crippen molar-refractivity contribution in [2.45, 2.75) is 26.7 Å². The molecule has 0 saturated heterocycles. The lowest BCUT2D eigenvalue weighted by Crippen LogP contribution is -2.10. The molecule has 0 fully saturated rings. The number of nitrogens with two attached hydrogens (primary N) is 1. The van der Waals surface area contributed by atoms with Gasteiger partial charge < -0.3 is 10.8 Å². The summed E-state index contributed by atoms with van der Waals surface area (Å²) < 4.78 is 0. The fourth-order valence-corrected chi connectivity index (χ4v) is 2.24. The lowest BCUT2D eigenvalue weighted by atomic mass is 10.1. The van der Waals surface area contributed by atoms with Crippen LogP contribution in [0.15, 0.2) is 24.3 Å². The van der Waals surface area contributed by atoms with Crippen molar-refractivity contribution in [1.29, 1.82) is 0 Å². The van der Waals surface area contributed by atoms with E-state index in [1.807, 2.05) is 26.0 Å². The number of rotatable bonds is 4. The van der Waals surface area contributed by atoms with Crippen LogP contribution in [0, 0.1) is 13.8 Å². The van der Waals surface area contributed by atoms with E-state index in [1.54, 1.807) is 12.1 Å². The number of hydrogen-bond donors (Lipinski definition) is 2. The minimum atomic E-state index is 0.269. The van der Waals surface area contributed by atoms with Crippen LogP contribution in [0.2, 0.25) is 0 Å². The lowest BCUT2D eigenvalue weighted by molar-refractivity contribution is 0.474. The molecule has 19 heavy (non-hydrogen) atoms. The monoisotopic (exact) mass is 257 g/mol. The van der Waals surface area contributed by atoms with Crippen LogP contribution >= 0.6 is 0 Å². The Hall–Kier alpha value is -1.94. The molecule has 2 rings (SSSR count). The van der Waals surface area contributed by atoms with Gasteiger partial charge in [-0.3, -0.25) is 0 Å². The van der Waals surface area contributed by atoms with E-state index >= 15 is 0 Å². The van der Waals surface area contributed by atoms with E-state index in [0.717, 1.165) is 34.8 Å². The van der Waals surface area contributed by atoms with Crippen molar-refractivity contribution in [3.8, 4) is 5.75 Å². The Balaban J connectivity index is 2.27. The number of aromatic hydroxyl groups is 1. The molecule has 1 aromatic carbocycles. The van der Waals surface area contributed by atoms with Gasteiger partial charge in [0.05, 0.1) is 0 Å². The topological polar surface area (TPSA) is 72.0 Å². The smallest absolute Gasteiger partial charge is 0.133 e. The molecule has 1 heterocycles. The summed E-state index contributed by atoms with van der Waals surface area (Å²) in [5.41, 5.74) is 9.73. The van der Waals surface area contributed by atoms with Crippen LogP contribution in [-0.2, 0) is 12.8 Å². The molecule has 4 nitrogen and oxygen atoms in total. The standard InChI is InChI=1S/C15H19N3O/c1-10-14(6-7-16)11(2)18-15(17-10)9-12-4-3-5-13(19)8-12/h3-5,8,19H,6-7,9,16H2,1-2H3. The maximum absolute atomic E-state index is 9.46. The van der Waals surface area contributed by atoms with E-state index in [-0.39, 0.29) is 5.75 Å². The molecule has 3 N–H and O–H groups in total. The third kappa shape index (κ3) is 3.29. The second-order valence-electron chi connectivity index (χ2n) is 4.67. The number of phenolic OH excluding ortho intramolecular Hbond substituents is 1. The first kappa shape index (κ1) is 13.5. The highest BCUT2D eigenvalue weighted by molar-refractivity contribution is 5.30. The fraction of sp³-hybridized carbons (Fsp3) is 0.333. The second-order valence-corrected chi connectivity index (χ2v) is 4.67. The van der Waals surface area contributed by atoms with E-state index in [2.05, 4.69) is 9.97 Å². The number of benzene rings is 1. The maximum Gasteiger partial charge on any atom is 0.133 e. The highest BCUT2D eigenvalue weighted by Crippen LogP contribution is 2.16. The van der Waals surface area contributed by atoms with Crippen LogP contribution < -0.4 is 5.73 Å². The first-order valence-electron chi connectivity index (χ1n) is 6.41. The first-order valence-corrected chi connectivity index (χ1v) is 6.41. The van der Waals surface area contributed by atoms with Gasteiger partial charge >= 0.3 is 0 Å². The predicted octanol–water partition coefficient (Wildman–Crippen LogP) is 1.89. The molecule has 0 bridgehead atoms. The lowest BCUT2D eigenvalue weighted by Gasteiger charge is -2.10. The zero-order valence-corrected chi connectivity index (χ0v) is 11.3. The van der Waals surface area contributed by atoms with E-state index in [1.165, 1.54) is 0 Å². The van der Waals surface area contributed by atoms with Gasteiger partial charge in [0.1, 0.15) is 11.6 Å². The van der Waals surface area contributed by atoms with Gasteiger partial charge in [-0.05, 0) is 50.1 Å². The molecule has 0 radical (unpaired) electrons. The van der Waals surface area contributed by atoms with E-state index in [0.29, 0.717) is 13.0 Å². The quantitative estimate of drug-likeness (QED) is 0.877. The molecule has 0 aliphatic rings. The molecule has 0 unspecified atom stereocenters. The average molecular weight is 257 g/mol. The molecular weight excluding hydrogens is 238 g/mol. The molecule has 1 aromatic heterocycles. The summed E-state index contributed by atoms with van der Waals surface area (Å²) in [5.74, 6) is 1.05. The molecule has 0 aliphatic heterocycles. The molecule has 0 saturated carbocycles. The Bertz CT molecular complexity index is 558. The SMILES string of the molecule is Cc1nc(Cc2cccc(O)c2)nc(C)c1CCN. The van der Waals surface area contributed by atoms with Crippen molar-refractivity contribution < 1.29 is 5.11 Å². The van der Waals surface area contributed by atoms with Gasteiger partial charge in [-0.15, -0.1) is 0 Å². The van der Waals surface area contributed by atoms with E-state index < -0.39 is 0 Å². The molecule has 0 atom stereocenters. The Morgan fingerprint density at radius 2 is 1.84 bits per heavy atom. The van der Waals surface area contributed by atoms with Crippen molar-refractivity contribution in [2.75, 3.05) is 6.54 Å². The van der Waals surface area contributed by atoms with Gasteiger partial charge in [-0.25, -0.2) is 9.97 Å². The summed E-state index contributed by atoms with van der Waals surface area (Å²) in [6.45, 7) is 4.59. The van der Waals surface area contributed by atoms with Gasteiger partial charge in [0, 0.05) is 17.8 Å². The molecule has 0 spiro atoms. The third-order valence-electron chi connectivity index (χ3n) is 3.13. The zero-order chi connectivity index (χ0) is 13.8. The second kappa shape index (κ2) is 5.80. The van der Waals surface area contributed by atoms with Gasteiger partial charge in [0.15, 0.2) is 0 Å². The van der Waals surface area contributed by atoms with Crippen molar-refractivity contribution in [3.05, 3.63) is 52.6 Å². The zero-order valence-electron chi connectivity index (χ0n) is 11.3. The number of nitrogens with zero attached hydrogens (tertiary/aromatic N) is 2. The van der Waals surface area contributed by atoms with Crippen molar-refractivity contribution in [3.63, 3.8) is 0 Å². The van der Waals surface area contributed by atoms with Crippen LogP contribution in [0.1, 0.15) is 28.3 Å². The van der Waals surface area contributed by atoms with Gasteiger partial charge in [0.2, 0.25) is 0 Å². The first-order chi connectivity index (χ1) is 9.10. The van der Waals surface area contributed by atoms with Crippen molar-refractivity contribution >= 4 is 0 Å². The molecule has 0 amide bonds. The molecule has 2 aromatic rings. The predicted molar refractivity (Wildman–Crippen MR) is 75.2 cm³/mol. The van der Waals surface area contributed by atoms with Crippen molar-refractivity contribution in [1.82, 2.24) is 9.97 Å². The molecular formula is C15H19N3O. The fourth-order valence-electron chi connectivity index (χ4n) is 2.24. The highest BCUT2D eigenvalue weighted by Gasteiger charge is 2.08. The Morgan fingerprint density at radius 1 is 1.16 bits per heavy atom. The van der Waals surface area contributed by atoms with Crippen LogP contribution in [0.25, 0.3) is 0 Å².